The lowest BCUT2D eigenvalue weighted by Gasteiger charge is -2.16. The Kier molecular flexibility index (Phi) is 4.98. The van der Waals surface area contributed by atoms with Gasteiger partial charge >= 0.3 is 5.69 Å². The minimum absolute atomic E-state index is 0.0532. The van der Waals surface area contributed by atoms with E-state index in [-0.39, 0.29) is 11.6 Å². The summed E-state index contributed by atoms with van der Waals surface area (Å²) >= 11 is 0. The Morgan fingerprint density at radius 1 is 1.23 bits per heavy atom. The predicted octanol–water partition coefficient (Wildman–Crippen LogP) is 3.67. The zero-order chi connectivity index (χ0) is 18.8. The fraction of sp³-hybridized carbons (Fsp3) is 0.333. The van der Waals surface area contributed by atoms with E-state index in [4.69, 9.17) is 0 Å². The molecule has 0 atom stereocenters. The van der Waals surface area contributed by atoms with Crippen LogP contribution < -0.4 is 5.69 Å². The van der Waals surface area contributed by atoms with Crippen molar-refractivity contribution < 1.29 is 4.79 Å². The topological polar surface area (TPSA) is 47.2 Å². The summed E-state index contributed by atoms with van der Waals surface area (Å²) < 4.78 is 3.40. The van der Waals surface area contributed by atoms with Crippen molar-refractivity contribution in [1.82, 2.24) is 14.0 Å². The molecule has 136 valence electrons. The van der Waals surface area contributed by atoms with E-state index in [0.717, 1.165) is 40.8 Å². The van der Waals surface area contributed by atoms with Gasteiger partial charge in [0, 0.05) is 31.9 Å². The number of hydrogen-bond donors (Lipinski definition) is 0. The van der Waals surface area contributed by atoms with Gasteiger partial charge in [0.25, 0.3) is 0 Å². The lowest BCUT2D eigenvalue weighted by atomic mass is 10.1. The summed E-state index contributed by atoms with van der Waals surface area (Å²) in [6.07, 6.45) is 7.72. The fourth-order valence-electron chi connectivity index (χ4n) is 3.56. The van der Waals surface area contributed by atoms with Crippen molar-refractivity contribution in [2.24, 2.45) is 7.05 Å². The van der Waals surface area contributed by atoms with Gasteiger partial charge in [-0.05, 0) is 43.5 Å². The summed E-state index contributed by atoms with van der Waals surface area (Å²) in [5.74, 6) is 0.0532. The number of allylic oxidation sites excluding steroid dienone is 5. The van der Waals surface area contributed by atoms with Crippen LogP contribution in [-0.2, 0) is 11.8 Å². The van der Waals surface area contributed by atoms with Crippen molar-refractivity contribution >= 4 is 22.6 Å². The molecule has 3 rings (SSSR count). The Labute approximate surface area is 153 Å². The van der Waals surface area contributed by atoms with Gasteiger partial charge in [-0.15, -0.1) is 0 Å². The zero-order valence-corrected chi connectivity index (χ0v) is 15.8. The molecule has 0 saturated carbocycles. The van der Waals surface area contributed by atoms with E-state index in [1.165, 1.54) is 0 Å². The van der Waals surface area contributed by atoms with E-state index >= 15 is 0 Å². The van der Waals surface area contributed by atoms with Gasteiger partial charge in [-0.25, -0.2) is 4.79 Å². The second-order valence-corrected chi connectivity index (χ2v) is 6.47. The molecule has 0 aliphatic carbocycles. The van der Waals surface area contributed by atoms with E-state index in [1.807, 2.05) is 48.2 Å². The molecule has 1 aliphatic heterocycles. The molecular weight excluding hydrogens is 326 g/mol. The second-order valence-electron chi connectivity index (χ2n) is 6.47. The Balaban J connectivity index is 2.14. The van der Waals surface area contributed by atoms with E-state index in [1.54, 1.807) is 23.1 Å². The number of carbonyl (C=O) groups is 1. The first-order valence-corrected chi connectivity index (χ1v) is 9.02. The van der Waals surface area contributed by atoms with E-state index in [0.29, 0.717) is 6.54 Å². The van der Waals surface area contributed by atoms with Crippen molar-refractivity contribution in [3.8, 4) is 0 Å². The normalized spacial score (nSPS) is 18.5. The molecule has 0 spiro atoms. The monoisotopic (exact) mass is 351 g/mol. The Morgan fingerprint density at radius 2 is 1.92 bits per heavy atom. The smallest absolute Gasteiger partial charge is 0.312 e. The fourth-order valence-corrected chi connectivity index (χ4v) is 3.56. The van der Waals surface area contributed by atoms with Crippen molar-refractivity contribution in [2.45, 2.75) is 33.6 Å². The number of aryl methyl sites for hydroxylation is 1. The SMILES string of the molecule is C\C=C(/C=C1/CCN(C(C)=O)/C1=C/CC)n1c(=O)n(C)c2ccccc21. The number of nitrogens with zero attached hydrogens (tertiary/aromatic N) is 3. The maximum absolute atomic E-state index is 12.8. The van der Waals surface area contributed by atoms with Gasteiger partial charge in [-0.3, -0.25) is 13.9 Å². The van der Waals surface area contributed by atoms with Gasteiger partial charge < -0.3 is 4.90 Å². The lowest BCUT2D eigenvalue weighted by Crippen LogP contribution is -2.23. The van der Waals surface area contributed by atoms with Gasteiger partial charge in [0.05, 0.1) is 11.0 Å². The molecule has 1 aromatic carbocycles. The molecule has 0 N–H and O–H groups in total. The highest BCUT2D eigenvalue weighted by Crippen LogP contribution is 2.30. The first-order valence-electron chi connectivity index (χ1n) is 9.02. The summed E-state index contributed by atoms with van der Waals surface area (Å²) in [6.45, 7) is 6.28. The van der Waals surface area contributed by atoms with Crippen LogP contribution in [0.5, 0.6) is 0 Å². The van der Waals surface area contributed by atoms with Gasteiger partial charge in [-0.1, -0.05) is 31.2 Å². The highest BCUT2D eigenvalue weighted by atomic mass is 16.2. The Bertz CT molecular complexity index is 1000. The van der Waals surface area contributed by atoms with Crippen molar-refractivity contribution in [1.29, 1.82) is 0 Å². The van der Waals surface area contributed by atoms with Crippen LogP contribution in [0.2, 0.25) is 0 Å². The molecular formula is C21H25N3O2. The number of hydrogen-bond acceptors (Lipinski definition) is 2. The minimum atomic E-state index is -0.0707. The number of para-hydroxylation sites is 2. The number of imidazole rings is 1. The van der Waals surface area contributed by atoms with Crippen LogP contribution in [0.3, 0.4) is 0 Å². The summed E-state index contributed by atoms with van der Waals surface area (Å²) in [5, 5.41) is 0. The number of amides is 1. The summed E-state index contributed by atoms with van der Waals surface area (Å²) in [4.78, 5) is 26.6. The number of fused-ring (bicyclic) bond motifs is 1. The number of carbonyl (C=O) groups excluding carboxylic acids is 1. The number of rotatable bonds is 3. The average molecular weight is 351 g/mol. The molecule has 26 heavy (non-hydrogen) atoms. The van der Waals surface area contributed by atoms with Crippen LogP contribution >= 0.6 is 0 Å². The predicted molar refractivity (Wildman–Crippen MR) is 106 cm³/mol. The van der Waals surface area contributed by atoms with Crippen molar-refractivity contribution in [3.63, 3.8) is 0 Å². The third-order valence-corrected chi connectivity index (χ3v) is 4.84. The Morgan fingerprint density at radius 3 is 2.54 bits per heavy atom. The van der Waals surface area contributed by atoms with Crippen LogP contribution in [0.1, 0.15) is 33.6 Å². The molecule has 1 aliphatic rings. The molecule has 0 radical (unpaired) electrons. The Hall–Kier alpha value is -2.82. The highest BCUT2D eigenvalue weighted by molar-refractivity contribution is 5.82. The molecule has 1 fully saturated rings. The second kappa shape index (κ2) is 7.20. The van der Waals surface area contributed by atoms with E-state index in [2.05, 4.69) is 13.0 Å². The highest BCUT2D eigenvalue weighted by Gasteiger charge is 2.25. The maximum Gasteiger partial charge on any atom is 0.333 e. The first kappa shape index (κ1) is 18.0. The van der Waals surface area contributed by atoms with Crippen LogP contribution in [0.25, 0.3) is 16.7 Å². The summed E-state index contributed by atoms with van der Waals surface area (Å²) in [7, 11) is 1.79. The van der Waals surface area contributed by atoms with Crippen LogP contribution in [-0.4, -0.2) is 26.5 Å². The quantitative estimate of drug-likeness (QED) is 0.847. The largest absolute Gasteiger partial charge is 0.333 e. The summed E-state index contributed by atoms with van der Waals surface area (Å²) in [6, 6.07) is 7.78. The maximum atomic E-state index is 12.8. The van der Waals surface area contributed by atoms with Crippen LogP contribution in [0, 0.1) is 0 Å². The molecule has 1 amide bonds. The lowest BCUT2D eigenvalue weighted by molar-refractivity contribution is -0.126. The van der Waals surface area contributed by atoms with Gasteiger partial charge in [0.15, 0.2) is 0 Å². The molecule has 2 heterocycles. The third-order valence-electron chi connectivity index (χ3n) is 4.84. The zero-order valence-electron chi connectivity index (χ0n) is 15.8. The molecule has 5 heteroatoms. The van der Waals surface area contributed by atoms with E-state index in [9.17, 15) is 9.59 Å². The van der Waals surface area contributed by atoms with Crippen molar-refractivity contribution in [3.05, 3.63) is 64.2 Å². The van der Waals surface area contributed by atoms with Crippen LogP contribution in [0.4, 0.5) is 0 Å². The third kappa shape index (κ3) is 2.94. The average Bonchev–Trinajstić information content (AvgIpc) is 3.14. The molecule has 5 nitrogen and oxygen atoms in total. The molecule has 1 aromatic heterocycles. The minimum Gasteiger partial charge on any atom is -0.312 e. The molecule has 0 unspecified atom stereocenters. The van der Waals surface area contributed by atoms with Gasteiger partial charge in [-0.2, -0.15) is 0 Å². The number of likely N-dealkylation sites (tertiary alicyclic amines) is 1. The molecule has 0 bridgehead atoms. The molecule has 2 aromatic rings. The van der Waals surface area contributed by atoms with Gasteiger partial charge in [0.2, 0.25) is 5.91 Å². The summed E-state index contributed by atoms with van der Waals surface area (Å²) in [5.41, 5.74) is 4.60. The standard InChI is InChI=1S/C21H25N3O2/c1-5-9-18-16(12-13-23(18)15(3)25)14-17(6-2)24-20-11-8-7-10-19(20)22(4)21(24)26/h6-11,14H,5,12-13H2,1-4H3/b16-14-,17-6+,18-9+. The number of aromatic nitrogens is 2. The van der Waals surface area contributed by atoms with E-state index < -0.39 is 0 Å². The molecule has 1 saturated heterocycles. The van der Waals surface area contributed by atoms with Gasteiger partial charge in [0.1, 0.15) is 0 Å². The van der Waals surface area contributed by atoms with Crippen LogP contribution in [0.15, 0.2) is 58.6 Å². The first-order chi connectivity index (χ1) is 12.5. The van der Waals surface area contributed by atoms with Crippen molar-refractivity contribution in [2.75, 3.05) is 6.54 Å². The number of benzene rings is 1.